The van der Waals surface area contributed by atoms with E-state index in [9.17, 15) is 17.6 Å². The number of rotatable bonds is 5. The molecule has 0 radical (unpaired) electrons. The van der Waals surface area contributed by atoms with E-state index in [4.69, 9.17) is 0 Å². The largest absolute Gasteiger partial charge is 0.355 e. The smallest absolute Gasteiger partial charge is 0.200 e. The summed E-state index contributed by atoms with van der Waals surface area (Å²) in [6, 6.07) is 11.0. The molecular weight excluding hydrogens is 1260 g/mol. The number of nitrogens with one attached hydrogen (secondary N) is 4. The van der Waals surface area contributed by atoms with E-state index in [1.54, 1.807) is 0 Å². The molecule has 6 aromatic heterocycles. The third kappa shape index (κ3) is 8.77. The Hall–Kier alpha value is -11.3. The molecule has 14 rings (SSSR count). The van der Waals surface area contributed by atoms with Gasteiger partial charge < -0.3 is 19.9 Å². The molecule has 0 saturated carbocycles. The standard InChI is InChI=1S/C64H22F20N8/c65-45-41(46(66)54(74)61(81)53(45)73)37-23-5-1-19(85-23)17-20-2-6-24(86-20)38(42-47(67)55(75)62(82)56(76)48(42)68)32-14-10-28(90-32)35(27-9-13-31(37)89-27)36-29-11-15-33(91-29)39(43-49(69)57(77)63(83)58(78)50(43)70)25-7-3-21(87-25)18-22-4-8-26(88-22)40(34-16-12-30(36)92-34)44-51(71)59(79)64(84)60(80)52(44)72/h1-18,85,87,90,92H. The first-order valence-electron chi connectivity index (χ1n) is 26.3. The number of fused-ring (bicyclic) bond motifs is 16. The van der Waals surface area contributed by atoms with Gasteiger partial charge in [0.25, 0.3) is 0 Å². The second kappa shape index (κ2) is 21.2. The van der Waals surface area contributed by atoms with Gasteiger partial charge in [-0.05, 0) is 109 Å². The lowest BCUT2D eigenvalue weighted by Gasteiger charge is -2.11. The topological polar surface area (TPSA) is 115 Å². The predicted octanol–water partition coefficient (Wildman–Crippen LogP) is 18.7. The Morgan fingerprint density at radius 2 is 0.370 bits per heavy atom. The third-order valence-corrected chi connectivity index (χ3v) is 15.2. The van der Waals surface area contributed by atoms with Crippen molar-refractivity contribution >= 4 is 92.7 Å². The molecule has 8 nitrogen and oxygen atoms in total. The molecule has 16 bridgehead atoms. The minimum absolute atomic E-state index is 0.0784. The Kier molecular flexibility index (Phi) is 13.4. The van der Waals surface area contributed by atoms with Crippen LogP contribution in [0.25, 0.3) is 148 Å². The molecule has 4 aliphatic heterocycles. The van der Waals surface area contributed by atoms with Gasteiger partial charge in [-0.3, -0.25) is 0 Å². The Bertz CT molecular complexity index is 4970. The maximum atomic E-state index is 16.3. The monoisotopic (exact) mass is 1280 g/mol. The number of nitrogens with zero attached hydrogens (tertiary/aromatic N) is 4. The van der Waals surface area contributed by atoms with Gasteiger partial charge in [0, 0.05) is 77.5 Å². The maximum Gasteiger partial charge on any atom is 0.200 e. The van der Waals surface area contributed by atoms with Crippen molar-refractivity contribution in [3.8, 4) is 55.6 Å². The fourth-order valence-corrected chi connectivity index (χ4v) is 11.2. The van der Waals surface area contributed by atoms with Crippen LogP contribution in [0.15, 0.2) is 60.7 Å². The summed E-state index contributed by atoms with van der Waals surface area (Å²) in [5.41, 5.74) is -17.7. The van der Waals surface area contributed by atoms with Crippen LogP contribution in [-0.4, -0.2) is 39.9 Å². The average molecular weight is 1280 g/mol. The molecule has 0 spiro atoms. The van der Waals surface area contributed by atoms with Crippen molar-refractivity contribution in [2.24, 2.45) is 0 Å². The first-order chi connectivity index (χ1) is 43.9. The van der Waals surface area contributed by atoms with E-state index in [1.807, 2.05) is 0 Å². The van der Waals surface area contributed by atoms with Gasteiger partial charge in [0.2, 0.25) is 23.3 Å². The molecule has 0 unspecified atom stereocenters. The van der Waals surface area contributed by atoms with Gasteiger partial charge in [-0.15, -0.1) is 0 Å². The molecule has 0 atom stereocenters. The first-order valence-corrected chi connectivity index (χ1v) is 26.3. The lowest BCUT2D eigenvalue weighted by Crippen LogP contribution is -2.05. The minimum Gasteiger partial charge on any atom is -0.355 e. The van der Waals surface area contributed by atoms with Crippen molar-refractivity contribution in [3.63, 3.8) is 0 Å². The summed E-state index contributed by atoms with van der Waals surface area (Å²) in [6.45, 7) is 0. The van der Waals surface area contributed by atoms with Gasteiger partial charge in [0.1, 0.15) is 0 Å². The molecule has 0 fully saturated rings. The van der Waals surface area contributed by atoms with Gasteiger partial charge in [-0.2, -0.15) is 0 Å². The van der Waals surface area contributed by atoms with Crippen LogP contribution in [0.5, 0.6) is 0 Å². The summed E-state index contributed by atoms with van der Waals surface area (Å²) in [6.07, 6.45) is 8.44. The van der Waals surface area contributed by atoms with Crippen LogP contribution in [0.4, 0.5) is 87.8 Å². The normalized spacial score (nSPS) is 12.6. The van der Waals surface area contributed by atoms with Crippen molar-refractivity contribution in [3.05, 3.63) is 223 Å². The van der Waals surface area contributed by atoms with E-state index < -0.39 is 239 Å². The minimum atomic E-state index is -2.57. The highest BCUT2D eigenvalue weighted by atomic mass is 19.2. The zero-order valence-electron chi connectivity index (χ0n) is 44.7. The molecule has 4 aromatic carbocycles. The second-order valence-electron chi connectivity index (χ2n) is 20.5. The molecule has 4 aliphatic rings. The first kappa shape index (κ1) is 58.4. The maximum absolute atomic E-state index is 16.3. The van der Waals surface area contributed by atoms with Gasteiger partial charge >= 0.3 is 0 Å². The molecule has 10 aromatic rings. The molecule has 28 heteroatoms. The van der Waals surface area contributed by atoms with Crippen molar-refractivity contribution in [1.82, 2.24) is 39.9 Å². The lowest BCUT2D eigenvalue weighted by molar-refractivity contribution is 0.381. The number of halogens is 20. The number of aromatic nitrogens is 8. The fraction of sp³-hybridized carbons (Fsp3) is 0. The molecule has 10 heterocycles. The Morgan fingerprint density at radius 3 is 0.620 bits per heavy atom. The Labute approximate surface area is 497 Å². The number of aromatic amines is 4. The Balaban J connectivity index is 1.23. The summed E-state index contributed by atoms with van der Waals surface area (Å²) in [4.78, 5) is 29.0. The number of benzene rings is 4. The molecule has 458 valence electrons. The molecule has 0 saturated heterocycles. The lowest BCUT2D eigenvalue weighted by atomic mass is 10.0. The zero-order valence-corrected chi connectivity index (χ0v) is 44.7. The summed E-state index contributed by atoms with van der Waals surface area (Å²) < 4.78 is 313. The molecular formula is C64H22F20N8. The van der Waals surface area contributed by atoms with Crippen molar-refractivity contribution in [2.45, 2.75) is 0 Å². The van der Waals surface area contributed by atoms with Crippen molar-refractivity contribution in [1.29, 1.82) is 0 Å². The summed E-state index contributed by atoms with van der Waals surface area (Å²) >= 11 is 0. The number of H-pyrrole nitrogens is 4. The van der Waals surface area contributed by atoms with E-state index in [0.717, 1.165) is 72.9 Å². The van der Waals surface area contributed by atoms with Crippen LogP contribution >= 0.6 is 0 Å². The van der Waals surface area contributed by atoms with Crippen LogP contribution in [0.3, 0.4) is 0 Å². The van der Waals surface area contributed by atoms with Crippen LogP contribution < -0.4 is 0 Å². The van der Waals surface area contributed by atoms with Crippen LogP contribution in [0.1, 0.15) is 45.6 Å². The quantitative estimate of drug-likeness (QED) is 0.0781. The molecule has 0 amide bonds. The summed E-state index contributed by atoms with van der Waals surface area (Å²) in [5.74, 6) is -48.7. The van der Waals surface area contributed by atoms with Crippen molar-refractivity contribution in [2.75, 3.05) is 0 Å². The Morgan fingerprint density at radius 1 is 0.185 bits per heavy atom. The van der Waals surface area contributed by atoms with Gasteiger partial charge in [0.15, 0.2) is 93.1 Å². The van der Waals surface area contributed by atoms with E-state index >= 15 is 70.2 Å². The number of hydrogen-bond donors (Lipinski definition) is 4. The number of hydrogen-bond acceptors (Lipinski definition) is 4. The molecule has 92 heavy (non-hydrogen) atoms. The van der Waals surface area contributed by atoms with Crippen LogP contribution in [0, 0.1) is 116 Å². The molecule has 4 N–H and O–H groups in total. The average Bonchev–Trinajstić information content (AvgIpc) is 1.63. The predicted molar refractivity (Wildman–Crippen MR) is 298 cm³/mol. The zero-order chi connectivity index (χ0) is 64.9. The highest BCUT2D eigenvalue weighted by Crippen LogP contribution is 2.46. The third-order valence-electron chi connectivity index (χ3n) is 15.2. The summed E-state index contributed by atoms with van der Waals surface area (Å²) in [7, 11) is 0. The van der Waals surface area contributed by atoms with Crippen LogP contribution in [0.2, 0.25) is 0 Å². The fourth-order valence-electron chi connectivity index (χ4n) is 11.2. The highest BCUT2D eigenvalue weighted by molar-refractivity contribution is 6.05. The van der Waals surface area contributed by atoms with Gasteiger partial charge in [0.05, 0.1) is 67.8 Å². The van der Waals surface area contributed by atoms with E-state index in [-0.39, 0.29) is 22.4 Å². The highest BCUT2D eigenvalue weighted by Gasteiger charge is 2.35. The van der Waals surface area contributed by atoms with Crippen LogP contribution in [-0.2, 0) is 0 Å². The SMILES string of the molecule is Fc1c(F)c(F)c(-c2c3nc(c(-c4c5nc(c(-c6c(F)c(F)c(F)c(F)c6F)c6ccc(cc7nc(c(-c8c(F)c(F)c(F)c(F)c8F)c8ccc4[nH]8)C=C7)[nH]6)C=C5)c4ccc([nH]4)c(-c4c(F)c(F)c(F)c(F)c4F)c4nc(cc5ccc2[nH]5)C=C4)C=C3)c(F)c1F. The van der Waals surface area contributed by atoms with Gasteiger partial charge in [-0.25, -0.2) is 108 Å². The summed E-state index contributed by atoms with van der Waals surface area (Å²) in [5, 5.41) is 0. The van der Waals surface area contributed by atoms with E-state index in [1.165, 1.54) is 36.4 Å². The van der Waals surface area contributed by atoms with Gasteiger partial charge in [-0.1, -0.05) is 0 Å². The van der Waals surface area contributed by atoms with E-state index in [0.29, 0.717) is 0 Å². The van der Waals surface area contributed by atoms with E-state index in [2.05, 4.69) is 39.9 Å². The molecule has 0 aliphatic carbocycles. The second-order valence-corrected chi connectivity index (χ2v) is 20.5. The van der Waals surface area contributed by atoms with Crippen molar-refractivity contribution < 1.29 is 87.8 Å².